The summed E-state index contributed by atoms with van der Waals surface area (Å²) >= 11 is 0. The molecule has 1 atom stereocenters. The Morgan fingerprint density at radius 2 is 2.00 bits per heavy atom. The molecule has 1 unspecified atom stereocenters. The van der Waals surface area contributed by atoms with Gasteiger partial charge in [0, 0.05) is 30.5 Å². The van der Waals surface area contributed by atoms with Crippen LogP contribution in [0.1, 0.15) is 38.0 Å². The van der Waals surface area contributed by atoms with Gasteiger partial charge in [-0.15, -0.1) is 10.2 Å². The van der Waals surface area contributed by atoms with E-state index in [9.17, 15) is 0 Å². The van der Waals surface area contributed by atoms with Crippen molar-refractivity contribution >= 4 is 0 Å². The largest absolute Gasteiger partial charge is 0.420 e. The summed E-state index contributed by atoms with van der Waals surface area (Å²) in [6.07, 6.45) is 6.12. The summed E-state index contributed by atoms with van der Waals surface area (Å²) in [6.45, 7) is 2.29. The standard InChI is InChI=1S/C13H17N3O2/c1-10(4-2-3-9-17)12-15-16-13(18-12)11-5-7-14-8-6-11/h5-8,10,17H,2-4,9H2,1H3. The Bertz CT molecular complexity index is 470. The number of rotatable bonds is 6. The maximum absolute atomic E-state index is 8.75. The minimum Gasteiger partial charge on any atom is -0.420 e. The lowest BCUT2D eigenvalue weighted by atomic mass is 10.0. The van der Waals surface area contributed by atoms with Crippen LogP contribution in [0.4, 0.5) is 0 Å². The van der Waals surface area contributed by atoms with Crippen LogP contribution in [0.25, 0.3) is 11.5 Å². The second-order valence-corrected chi connectivity index (χ2v) is 4.30. The van der Waals surface area contributed by atoms with Crippen molar-refractivity contribution in [2.24, 2.45) is 0 Å². The fourth-order valence-corrected chi connectivity index (χ4v) is 1.73. The molecule has 2 heterocycles. The van der Waals surface area contributed by atoms with E-state index in [1.165, 1.54) is 0 Å². The lowest BCUT2D eigenvalue weighted by Gasteiger charge is -2.04. The van der Waals surface area contributed by atoms with Gasteiger partial charge in [-0.1, -0.05) is 13.3 Å². The first kappa shape index (κ1) is 12.7. The van der Waals surface area contributed by atoms with Crippen LogP contribution >= 0.6 is 0 Å². The summed E-state index contributed by atoms with van der Waals surface area (Å²) in [6, 6.07) is 3.68. The second kappa shape index (κ2) is 6.26. The number of unbranched alkanes of at least 4 members (excludes halogenated alkanes) is 1. The van der Waals surface area contributed by atoms with E-state index >= 15 is 0 Å². The van der Waals surface area contributed by atoms with Crippen LogP contribution in [0.5, 0.6) is 0 Å². The molecule has 0 bridgehead atoms. The van der Waals surface area contributed by atoms with Crippen molar-refractivity contribution in [1.82, 2.24) is 15.2 Å². The van der Waals surface area contributed by atoms with Gasteiger partial charge in [0.2, 0.25) is 11.8 Å². The van der Waals surface area contributed by atoms with E-state index in [0.29, 0.717) is 11.8 Å². The molecule has 0 spiro atoms. The van der Waals surface area contributed by atoms with Gasteiger partial charge in [-0.3, -0.25) is 4.98 Å². The van der Waals surface area contributed by atoms with Crippen molar-refractivity contribution in [3.05, 3.63) is 30.4 Å². The van der Waals surface area contributed by atoms with E-state index in [1.807, 2.05) is 12.1 Å². The lowest BCUT2D eigenvalue weighted by molar-refractivity contribution is 0.280. The van der Waals surface area contributed by atoms with Gasteiger partial charge in [0.05, 0.1) is 0 Å². The molecule has 0 aromatic carbocycles. The molecule has 0 radical (unpaired) electrons. The monoisotopic (exact) mass is 247 g/mol. The molecule has 0 aliphatic carbocycles. The molecule has 18 heavy (non-hydrogen) atoms. The van der Waals surface area contributed by atoms with Crippen molar-refractivity contribution in [3.63, 3.8) is 0 Å². The maximum atomic E-state index is 8.75. The third kappa shape index (κ3) is 3.13. The van der Waals surface area contributed by atoms with Gasteiger partial charge >= 0.3 is 0 Å². The SMILES string of the molecule is CC(CCCCO)c1nnc(-c2ccncc2)o1. The Morgan fingerprint density at radius 3 is 2.72 bits per heavy atom. The Kier molecular flexibility index (Phi) is 4.41. The Hall–Kier alpha value is -1.75. The molecule has 0 fully saturated rings. The van der Waals surface area contributed by atoms with Crippen molar-refractivity contribution < 1.29 is 9.52 Å². The van der Waals surface area contributed by atoms with Crippen LogP contribution in [0.15, 0.2) is 28.9 Å². The summed E-state index contributed by atoms with van der Waals surface area (Å²) in [7, 11) is 0. The summed E-state index contributed by atoms with van der Waals surface area (Å²) in [5.41, 5.74) is 0.881. The predicted octanol–water partition coefficient (Wildman–Crippen LogP) is 2.40. The van der Waals surface area contributed by atoms with Crippen molar-refractivity contribution in [1.29, 1.82) is 0 Å². The van der Waals surface area contributed by atoms with E-state index in [4.69, 9.17) is 9.52 Å². The smallest absolute Gasteiger partial charge is 0.247 e. The normalized spacial score (nSPS) is 12.6. The molecule has 2 aromatic heterocycles. The molecule has 0 saturated heterocycles. The number of aliphatic hydroxyl groups excluding tert-OH is 1. The molecule has 0 amide bonds. The average Bonchev–Trinajstić information content (AvgIpc) is 2.89. The topological polar surface area (TPSA) is 72.0 Å². The molecule has 2 rings (SSSR count). The number of aromatic nitrogens is 3. The number of aliphatic hydroxyl groups is 1. The van der Waals surface area contributed by atoms with Crippen molar-refractivity contribution in [2.75, 3.05) is 6.61 Å². The fraction of sp³-hybridized carbons (Fsp3) is 0.462. The molecule has 5 nitrogen and oxygen atoms in total. The third-order valence-electron chi connectivity index (χ3n) is 2.83. The molecule has 0 aliphatic rings. The predicted molar refractivity (Wildman–Crippen MR) is 66.9 cm³/mol. The van der Waals surface area contributed by atoms with Crippen LogP contribution in [-0.2, 0) is 0 Å². The van der Waals surface area contributed by atoms with E-state index < -0.39 is 0 Å². The zero-order chi connectivity index (χ0) is 12.8. The zero-order valence-electron chi connectivity index (χ0n) is 10.4. The van der Waals surface area contributed by atoms with Gasteiger partial charge in [0.25, 0.3) is 0 Å². The fourth-order valence-electron chi connectivity index (χ4n) is 1.73. The van der Waals surface area contributed by atoms with Crippen LogP contribution in [0, 0.1) is 0 Å². The van der Waals surface area contributed by atoms with Gasteiger partial charge in [-0.25, -0.2) is 0 Å². The van der Waals surface area contributed by atoms with Gasteiger partial charge in [-0.2, -0.15) is 0 Å². The molecule has 0 aliphatic heterocycles. The highest BCUT2D eigenvalue weighted by molar-refractivity contribution is 5.50. The molecule has 2 aromatic rings. The zero-order valence-corrected chi connectivity index (χ0v) is 10.4. The second-order valence-electron chi connectivity index (χ2n) is 4.30. The summed E-state index contributed by atoms with van der Waals surface area (Å²) in [4.78, 5) is 3.95. The van der Waals surface area contributed by atoms with Gasteiger partial charge in [-0.05, 0) is 25.0 Å². The summed E-state index contributed by atoms with van der Waals surface area (Å²) in [5, 5.41) is 16.9. The highest BCUT2D eigenvalue weighted by Crippen LogP contribution is 2.24. The molecule has 96 valence electrons. The van der Waals surface area contributed by atoms with E-state index in [2.05, 4.69) is 22.1 Å². The Balaban J connectivity index is 2.02. The first-order valence-electron chi connectivity index (χ1n) is 6.16. The molecular formula is C13H17N3O2. The average molecular weight is 247 g/mol. The first-order valence-corrected chi connectivity index (χ1v) is 6.16. The van der Waals surface area contributed by atoms with Gasteiger partial charge in [0.1, 0.15) is 0 Å². The number of hydrogen-bond acceptors (Lipinski definition) is 5. The summed E-state index contributed by atoms with van der Waals surface area (Å²) < 4.78 is 5.65. The molecule has 0 saturated carbocycles. The minimum atomic E-state index is 0.222. The molecular weight excluding hydrogens is 230 g/mol. The number of nitrogens with zero attached hydrogens (tertiary/aromatic N) is 3. The van der Waals surface area contributed by atoms with E-state index in [0.717, 1.165) is 24.8 Å². The van der Waals surface area contributed by atoms with E-state index in [-0.39, 0.29) is 12.5 Å². The first-order chi connectivity index (χ1) is 8.81. The quantitative estimate of drug-likeness (QED) is 0.793. The van der Waals surface area contributed by atoms with Crippen molar-refractivity contribution in [3.8, 4) is 11.5 Å². The number of hydrogen-bond donors (Lipinski definition) is 1. The summed E-state index contributed by atoms with van der Waals surface area (Å²) in [5.74, 6) is 1.40. The van der Waals surface area contributed by atoms with E-state index in [1.54, 1.807) is 12.4 Å². The van der Waals surface area contributed by atoms with Gasteiger partial charge in [0.15, 0.2) is 0 Å². The highest BCUT2D eigenvalue weighted by Gasteiger charge is 2.14. The molecule has 5 heteroatoms. The molecule has 1 N–H and O–H groups in total. The maximum Gasteiger partial charge on any atom is 0.247 e. The number of pyridine rings is 1. The highest BCUT2D eigenvalue weighted by atomic mass is 16.4. The Labute approximate surface area is 106 Å². The van der Waals surface area contributed by atoms with Crippen LogP contribution in [0.2, 0.25) is 0 Å². The van der Waals surface area contributed by atoms with Crippen LogP contribution in [-0.4, -0.2) is 26.9 Å². The minimum absolute atomic E-state index is 0.222. The van der Waals surface area contributed by atoms with Crippen LogP contribution < -0.4 is 0 Å². The van der Waals surface area contributed by atoms with Crippen LogP contribution in [0.3, 0.4) is 0 Å². The third-order valence-corrected chi connectivity index (χ3v) is 2.83. The Morgan fingerprint density at radius 1 is 1.22 bits per heavy atom. The van der Waals surface area contributed by atoms with Crippen molar-refractivity contribution in [2.45, 2.75) is 32.1 Å². The van der Waals surface area contributed by atoms with Gasteiger partial charge < -0.3 is 9.52 Å². The lowest BCUT2D eigenvalue weighted by Crippen LogP contribution is -1.95.